The number of aliphatic hydroxyl groups is 1. The Kier molecular flexibility index (Phi) is 3.96. The number of nitro groups is 1. The van der Waals surface area contributed by atoms with Gasteiger partial charge in [0, 0.05) is 0 Å². The van der Waals surface area contributed by atoms with Crippen LogP contribution in [0, 0.1) is 10.1 Å². The van der Waals surface area contributed by atoms with Crippen molar-refractivity contribution in [3.63, 3.8) is 0 Å². The molecule has 0 radical (unpaired) electrons. The molecule has 0 bridgehead atoms. The largest absolute Gasteiger partial charge is 0.394 e. The molecule has 1 aromatic carbocycles. The van der Waals surface area contributed by atoms with Crippen LogP contribution in [0.1, 0.15) is 12.8 Å². The number of nitrogens with one attached hydrogen (secondary N) is 1. The Morgan fingerprint density at radius 3 is 2.45 bits per heavy atom. The fraction of sp³-hybridized carbons (Fsp3) is 0.400. The number of benzene rings is 1. The first-order valence-electron chi connectivity index (χ1n) is 5.50. The smallest absolute Gasteiger partial charge is 0.307 e. The third-order valence-electron chi connectivity index (χ3n) is 3.01. The highest BCUT2D eigenvalue weighted by Crippen LogP contribution is 2.40. The van der Waals surface area contributed by atoms with Gasteiger partial charge in [-0.15, -0.1) is 0 Å². The Morgan fingerprint density at radius 1 is 1.40 bits per heavy atom. The number of halogens is 2. The summed E-state index contributed by atoms with van der Waals surface area (Å²) < 4.78 is 26.7. The van der Waals surface area contributed by atoms with E-state index in [1.807, 2.05) is 0 Å². The van der Waals surface area contributed by atoms with Crippen LogP contribution in [0.2, 0.25) is 10.0 Å². The topological polar surface area (TPSA) is 110 Å². The lowest BCUT2D eigenvalue weighted by molar-refractivity contribution is -0.384. The van der Waals surface area contributed by atoms with E-state index in [-0.39, 0.29) is 11.6 Å². The van der Waals surface area contributed by atoms with E-state index in [2.05, 4.69) is 4.72 Å². The van der Waals surface area contributed by atoms with Gasteiger partial charge in [0.25, 0.3) is 0 Å². The highest BCUT2D eigenvalue weighted by atomic mass is 35.5. The number of nitro benzene ring substituents is 1. The minimum Gasteiger partial charge on any atom is -0.394 e. The molecule has 1 fully saturated rings. The van der Waals surface area contributed by atoms with E-state index >= 15 is 0 Å². The van der Waals surface area contributed by atoms with Gasteiger partial charge in [-0.25, -0.2) is 13.1 Å². The summed E-state index contributed by atoms with van der Waals surface area (Å²) in [6.07, 6.45) is 0.992. The van der Waals surface area contributed by atoms with Crippen molar-refractivity contribution >= 4 is 38.9 Å². The average Bonchev–Trinajstić information content (AvgIpc) is 3.07. The van der Waals surface area contributed by atoms with Crippen LogP contribution in [0.15, 0.2) is 17.0 Å². The number of hydrogen-bond donors (Lipinski definition) is 2. The van der Waals surface area contributed by atoms with Gasteiger partial charge in [-0.05, 0) is 25.0 Å². The first kappa shape index (κ1) is 15.5. The zero-order chi connectivity index (χ0) is 15.1. The second-order valence-electron chi connectivity index (χ2n) is 4.51. The van der Waals surface area contributed by atoms with E-state index in [0.29, 0.717) is 12.8 Å². The maximum atomic E-state index is 12.2. The molecule has 1 aromatic rings. The number of sulfonamides is 1. The minimum absolute atomic E-state index is 0.248. The van der Waals surface area contributed by atoms with Crippen LogP contribution in [0.5, 0.6) is 0 Å². The summed E-state index contributed by atoms with van der Waals surface area (Å²) in [6, 6.07) is 2.19. The molecule has 7 nitrogen and oxygen atoms in total. The van der Waals surface area contributed by atoms with Crippen LogP contribution in [0.3, 0.4) is 0 Å². The van der Waals surface area contributed by atoms with Crippen molar-refractivity contribution in [2.75, 3.05) is 6.61 Å². The van der Waals surface area contributed by atoms with Gasteiger partial charge < -0.3 is 5.11 Å². The summed E-state index contributed by atoms with van der Waals surface area (Å²) in [6.45, 7) is -0.348. The van der Waals surface area contributed by atoms with E-state index in [1.165, 1.54) is 0 Å². The monoisotopic (exact) mass is 340 g/mol. The average molecular weight is 341 g/mol. The molecule has 20 heavy (non-hydrogen) atoms. The van der Waals surface area contributed by atoms with Crippen LogP contribution in [-0.2, 0) is 10.0 Å². The van der Waals surface area contributed by atoms with Crippen molar-refractivity contribution in [3.8, 4) is 0 Å². The fourth-order valence-electron chi connectivity index (χ4n) is 1.68. The molecular formula is C10H10Cl2N2O5S. The van der Waals surface area contributed by atoms with Crippen molar-refractivity contribution in [2.45, 2.75) is 23.3 Å². The Labute approximate surface area is 124 Å². The molecule has 0 saturated heterocycles. The SMILES string of the molecule is O=[N+]([O-])c1c(Cl)ccc(S(=O)(=O)NC2(CO)CC2)c1Cl. The highest BCUT2D eigenvalue weighted by Gasteiger charge is 2.46. The van der Waals surface area contributed by atoms with Crippen molar-refractivity contribution in [3.05, 3.63) is 32.3 Å². The Bertz CT molecular complexity index is 672. The molecule has 0 heterocycles. The predicted octanol–water partition coefficient (Wildman–Crippen LogP) is 1.70. The Morgan fingerprint density at radius 2 is 2.00 bits per heavy atom. The maximum absolute atomic E-state index is 12.2. The molecular weight excluding hydrogens is 331 g/mol. The van der Waals surface area contributed by atoms with Crippen LogP contribution >= 0.6 is 23.2 Å². The molecule has 2 N–H and O–H groups in total. The third-order valence-corrected chi connectivity index (χ3v) is 5.43. The number of hydrogen-bond acceptors (Lipinski definition) is 5. The van der Waals surface area contributed by atoms with Crippen molar-refractivity contribution < 1.29 is 18.4 Å². The summed E-state index contributed by atoms with van der Waals surface area (Å²) in [5, 5.41) is 19.2. The van der Waals surface area contributed by atoms with Gasteiger partial charge in [0.15, 0.2) is 0 Å². The molecule has 0 spiro atoms. The molecule has 2 rings (SSSR count). The standard InChI is InChI=1S/C10H10Cl2N2O5S/c11-6-1-2-7(8(12)9(6)14(16)17)20(18,19)13-10(5-15)3-4-10/h1-2,13,15H,3-5H2. The number of aliphatic hydroxyl groups excluding tert-OH is 1. The predicted molar refractivity (Wildman–Crippen MR) is 72.5 cm³/mol. The maximum Gasteiger partial charge on any atom is 0.307 e. The van der Waals surface area contributed by atoms with E-state index in [1.54, 1.807) is 0 Å². The lowest BCUT2D eigenvalue weighted by atomic mass is 10.3. The Balaban J connectivity index is 2.48. The van der Waals surface area contributed by atoms with Gasteiger partial charge in [0.1, 0.15) is 14.9 Å². The van der Waals surface area contributed by atoms with Gasteiger partial charge in [0.2, 0.25) is 10.0 Å². The second kappa shape index (κ2) is 5.12. The lowest BCUT2D eigenvalue weighted by Crippen LogP contribution is -2.39. The number of rotatable bonds is 5. The summed E-state index contributed by atoms with van der Waals surface area (Å²) >= 11 is 11.4. The minimum atomic E-state index is -4.08. The molecule has 0 aliphatic heterocycles. The Hall–Kier alpha value is -0.930. The van der Waals surface area contributed by atoms with E-state index < -0.39 is 36.1 Å². The molecule has 0 amide bonds. The third kappa shape index (κ3) is 2.75. The van der Waals surface area contributed by atoms with Crippen molar-refractivity contribution in [1.29, 1.82) is 0 Å². The summed E-state index contributed by atoms with van der Waals surface area (Å²) in [4.78, 5) is 9.58. The summed E-state index contributed by atoms with van der Waals surface area (Å²) in [5.74, 6) is 0. The van der Waals surface area contributed by atoms with Gasteiger partial charge >= 0.3 is 5.69 Å². The van der Waals surface area contributed by atoms with E-state index in [4.69, 9.17) is 28.3 Å². The fourth-order valence-corrected chi connectivity index (χ4v) is 4.02. The molecule has 1 aliphatic rings. The molecule has 10 heteroatoms. The molecule has 0 atom stereocenters. The quantitative estimate of drug-likeness (QED) is 0.626. The van der Waals surface area contributed by atoms with Gasteiger partial charge in [0.05, 0.1) is 17.1 Å². The second-order valence-corrected chi connectivity index (χ2v) is 6.95. The highest BCUT2D eigenvalue weighted by molar-refractivity contribution is 7.89. The van der Waals surface area contributed by atoms with E-state index in [0.717, 1.165) is 12.1 Å². The van der Waals surface area contributed by atoms with Crippen LogP contribution in [0.25, 0.3) is 0 Å². The summed E-state index contributed by atoms with van der Waals surface area (Å²) in [7, 11) is -4.08. The zero-order valence-corrected chi connectivity index (χ0v) is 12.3. The zero-order valence-electron chi connectivity index (χ0n) is 9.97. The van der Waals surface area contributed by atoms with Crippen LogP contribution in [0.4, 0.5) is 5.69 Å². The van der Waals surface area contributed by atoms with E-state index in [9.17, 15) is 18.5 Å². The molecule has 110 valence electrons. The van der Waals surface area contributed by atoms with Gasteiger partial charge in [-0.3, -0.25) is 10.1 Å². The molecule has 1 saturated carbocycles. The normalized spacial score (nSPS) is 16.9. The van der Waals surface area contributed by atoms with Crippen molar-refractivity contribution in [1.82, 2.24) is 4.72 Å². The van der Waals surface area contributed by atoms with Crippen LogP contribution < -0.4 is 4.72 Å². The van der Waals surface area contributed by atoms with Gasteiger partial charge in [-0.2, -0.15) is 0 Å². The van der Waals surface area contributed by atoms with Crippen LogP contribution in [-0.4, -0.2) is 30.6 Å². The van der Waals surface area contributed by atoms with Gasteiger partial charge in [-0.1, -0.05) is 23.2 Å². The molecule has 0 aromatic heterocycles. The summed E-state index contributed by atoms with van der Waals surface area (Å²) in [5.41, 5.74) is -1.55. The lowest BCUT2D eigenvalue weighted by Gasteiger charge is -2.15. The molecule has 0 unspecified atom stereocenters. The number of nitrogens with zero attached hydrogens (tertiary/aromatic N) is 1. The first-order valence-corrected chi connectivity index (χ1v) is 7.73. The molecule has 1 aliphatic carbocycles. The first-order chi connectivity index (χ1) is 9.22. The van der Waals surface area contributed by atoms with Crippen molar-refractivity contribution in [2.24, 2.45) is 0 Å².